The van der Waals surface area contributed by atoms with E-state index in [2.05, 4.69) is 4.74 Å². The van der Waals surface area contributed by atoms with Crippen LogP contribution in [0.5, 0.6) is 11.5 Å². The first kappa shape index (κ1) is 18.7. The minimum Gasteiger partial charge on any atom is -0.482 e. The summed E-state index contributed by atoms with van der Waals surface area (Å²) in [6.07, 6.45) is 2.56. The second kappa shape index (κ2) is 7.79. The first-order valence-corrected chi connectivity index (χ1v) is 9.15. The van der Waals surface area contributed by atoms with E-state index in [-0.39, 0.29) is 18.0 Å². The molecule has 148 valence electrons. The van der Waals surface area contributed by atoms with Gasteiger partial charge in [0.05, 0.1) is 12.7 Å². The van der Waals surface area contributed by atoms with Crippen molar-refractivity contribution in [2.24, 2.45) is 0 Å². The molecule has 0 amide bonds. The topological polar surface area (TPSA) is 92.0 Å². The quantitative estimate of drug-likeness (QED) is 0.373. The number of hydrogen-bond acceptors (Lipinski definition) is 7. The third-order valence-corrected chi connectivity index (χ3v) is 4.81. The number of carbonyl (C=O) groups is 2. The van der Waals surface area contributed by atoms with Gasteiger partial charge in [-0.05, 0) is 61.2 Å². The van der Waals surface area contributed by atoms with Crippen molar-refractivity contribution in [3.05, 3.63) is 69.6 Å². The number of hydrogen-bond donors (Lipinski definition) is 0. The van der Waals surface area contributed by atoms with Crippen molar-refractivity contribution >= 4 is 22.9 Å². The van der Waals surface area contributed by atoms with Crippen LogP contribution in [0.25, 0.3) is 11.0 Å². The molecule has 0 fully saturated rings. The number of rotatable bonds is 5. The first-order chi connectivity index (χ1) is 14.0. The number of aryl methyl sites for hydroxylation is 1. The van der Waals surface area contributed by atoms with Gasteiger partial charge >= 0.3 is 17.6 Å². The first-order valence-electron chi connectivity index (χ1n) is 9.15. The van der Waals surface area contributed by atoms with E-state index >= 15 is 0 Å². The number of benzene rings is 2. The lowest BCUT2D eigenvalue weighted by Crippen LogP contribution is -2.17. The largest absolute Gasteiger partial charge is 0.482 e. The van der Waals surface area contributed by atoms with Crippen LogP contribution in [0, 0.1) is 0 Å². The van der Waals surface area contributed by atoms with Gasteiger partial charge in [0.15, 0.2) is 6.61 Å². The summed E-state index contributed by atoms with van der Waals surface area (Å²) in [4.78, 5) is 35.5. The molecule has 0 radical (unpaired) electrons. The summed E-state index contributed by atoms with van der Waals surface area (Å²) in [5.41, 5.74) is 2.29. The summed E-state index contributed by atoms with van der Waals surface area (Å²) >= 11 is 0. The summed E-state index contributed by atoms with van der Waals surface area (Å²) in [6, 6.07) is 11.2. The SMILES string of the molecule is COC(=O)c1ccc(OC(=O)COc2ccc3c4c(c(=O)oc3c2)CCC4)cc1. The number of carbonyl (C=O) groups excluding carboxylic acids is 2. The van der Waals surface area contributed by atoms with E-state index in [1.54, 1.807) is 12.1 Å². The highest BCUT2D eigenvalue weighted by Gasteiger charge is 2.19. The van der Waals surface area contributed by atoms with Gasteiger partial charge in [-0.1, -0.05) is 0 Å². The zero-order valence-corrected chi connectivity index (χ0v) is 15.7. The highest BCUT2D eigenvalue weighted by Crippen LogP contribution is 2.29. The van der Waals surface area contributed by atoms with Gasteiger partial charge in [-0.25, -0.2) is 14.4 Å². The zero-order valence-electron chi connectivity index (χ0n) is 15.7. The minimum atomic E-state index is -0.605. The summed E-state index contributed by atoms with van der Waals surface area (Å²) in [6.45, 7) is -0.320. The Morgan fingerprint density at radius 2 is 1.72 bits per heavy atom. The normalized spacial score (nSPS) is 12.4. The van der Waals surface area contributed by atoms with Crippen molar-refractivity contribution in [1.29, 1.82) is 0 Å². The van der Waals surface area contributed by atoms with Crippen molar-refractivity contribution in [2.45, 2.75) is 19.3 Å². The van der Waals surface area contributed by atoms with Gasteiger partial charge < -0.3 is 18.6 Å². The van der Waals surface area contributed by atoms with Gasteiger partial charge in [-0.2, -0.15) is 0 Å². The predicted molar refractivity (Wildman–Crippen MR) is 103 cm³/mol. The summed E-state index contributed by atoms with van der Waals surface area (Å²) in [5.74, 6) is -0.394. The van der Waals surface area contributed by atoms with Crippen LogP contribution in [0.4, 0.5) is 0 Å². The molecule has 0 saturated heterocycles. The van der Waals surface area contributed by atoms with Crippen molar-refractivity contribution in [2.75, 3.05) is 13.7 Å². The molecule has 3 aromatic rings. The number of ether oxygens (including phenoxy) is 3. The van der Waals surface area contributed by atoms with Crippen molar-refractivity contribution < 1.29 is 28.2 Å². The van der Waals surface area contributed by atoms with E-state index in [4.69, 9.17) is 13.9 Å². The molecule has 0 unspecified atom stereocenters. The summed E-state index contributed by atoms with van der Waals surface area (Å²) in [7, 11) is 1.29. The highest BCUT2D eigenvalue weighted by molar-refractivity contribution is 5.89. The molecule has 4 rings (SSSR count). The van der Waals surface area contributed by atoms with E-state index in [9.17, 15) is 14.4 Å². The number of fused-ring (bicyclic) bond motifs is 3. The summed E-state index contributed by atoms with van der Waals surface area (Å²) in [5, 5.41) is 0.901. The Balaban J connectivity index is 1.41. The maximum absolute atomic E-state index is 12.1. The molecule has 1 aliphatic carbocycles. The van der Waals surface area contributed by atoms with Crippen LogP contribution in [-0.2, 0) is 22.4 Å². The molecule has 0 bridgehead atoms. The smallest absolute Gasteiger partial charge is 0.349 e. The highest BCUT2D eigenvalue weighted by atomic mass is 16.6. The average Bonchev–Trinajstić information content (AvgIpc) is 3.23. The van der Waals surface area contributed by atoms with Gasteiger partial charge in [0.25, 0.3) is 0 Å². The third-order valence-electron chi connectivity index (χ3n) is 4.81. The number of esters is 2. The van der Waals surface area contributed by atoms with E-state index in [1.165, 1.54) is 31.4 Å². The van der Waals surface area contributed by atoms with Crippen molar-refractivity contribution in [3.63, 3.8) is 0 Å². The van der Waals surface area contributed by atoms with Gasteiger partial charge in [0.2, 0.25) is 0 Å². The minimum absolute atomic E-state index is 0.284. The van der Waals surface area contributed by atoms with Crippen LogP contribution in [0.1, 0.15) is 27.9 Å². The Morgan fingerprint density at radius 1 is 1.00 bits per heavy atom. The fourth-order valence-corrected chi connectivity index (χ4v) is 3.43. The second-order valence-corrected chi connectivity index (χ2v) is 6.64. The van der Waals surface area contributed by atoms with Crippen molar-refractivity contribution in [3.8, 4) is 11.5 Å². The van der Waals surface area contributed by atoms with E-state index in [0.717, 1.165) is 35.8 Å². The van der Waals surface area contributed by atoms with Crippen LogP contribution in [0.2, 0.25) is 0 Å². The van der Waals surface area contributed by atoms with Crippen LogP contribution in [0.15, 0.2) is 51.7 Å². The molecule has 1 heterocycles. The Kier molecular flexibility index (Phi) is 5.03. The maximum Gasteiger partial charge on any atom is 0.349 e. The molecule has 1 aromatic heterocycles. The maximum atomic E-state index is 12.1. The van der Waals surface area contributed by atoms with Crippen LogP contribution >= 0.6 is 0 Å². The van der Waals surface area contributed by atoms with Crippen LogP contribution in [-0.4, -0.2) is 25.7 Å². The molecule has 2 aromatic carbocycles. The van der Waals surface area contributed by atoms with E-state index < -0.39 is 11.9 Å². The molecule has 0 atom stereocenters. The van der Waals surface area contributed by atoms with Gasteiger partial charge in [0, 0.05) is 17.0 Å². The van der Waals surface area contributed by atoms with Gasteiger partial charge in [0.1, 0.15) is 17.1 Å². The monoisotopic (exact) mass is 394 g/mol. The van der Waals surface area contributed by atoms with E-state index in [0.29, 0.717) is 16.9 Å². The van der Waals surface area contributed by atoms with Crippen LogP contribution < -0.4 is 15.1 Å². The molecular formula is C22H18O7. The molecule has 0 aliphatic heterocycles. The lowest BCUT2D eigenvalue weighted by Gasteiger charge is -2.09. The zero-order chi connectivity index (χ0) is 20.4. The Hall–Kier alpha value is -3.61. The molecule has 1 aliphatic rings. The molecular weight excluding hydrogens is 376 g/mol. The van der Waals surface area contributed by atoms with Gasteiger partial charge in [-0.15, -0.1) is 0 Å². The number of methoxy groups -OCH3 is 1. The third kappa shape index (κ3) is 3.85. The fraction of sp³-hybridized carbons (Fsp3) is 0.227. The molecule has 29 heavy (non-hydrogen) atoms. The molecule has 0 spiro atoms. The standard InChI is InChI=1S/C22H18O7/c1-26-21(24)13-5-7-14(8-6-13)28-20(23)12-27-15-9-10-17-16-3-2-4-18(16)22(25)29-19(17)11-15/h5-11H,2-4,12H2,1H3. The Morgan fingerprint density at radius 3 is 2.48 bits per heavy atom. The lowest BCUT2D eigenvalue weighted by molar-refractivity contribution is -0.136. The molecule has 7 nitrogen and oxygen atoms in total. The predicted octanol–water partition coefficient (Wildman–Crippen LogP) is 3.05. The Bertz CT molecular complexity index is 1140. The summed E-state index contributed by atoms with van der Waals surface area (Å²) < 4.78 is 20.7. The van der Waals surface area contributed by atoms with Gasteiger partial charge in [-0.3, -0.25) is 0 Å². The second-order valence-electron chi connectivity index (χ2n) is 6.64. The molecule has 0 N–H and O–H groups in total. The molecule has 7 heteroatoms. The lowest BCUT2D eigenvalue weighted by atomic mass is 10.1. The Labute approximate surface area is 165 Å². The van der Waals surface area contributed by atoms with Crippen LogP contribution in [0.3, 0.4) is 0 Å². The fourth-order valence-electron chi connectivity index (χ4n) is 3.43. The average molecular weight is 394 g/mol. The van der Waals surface area contributed by atoms with E-state index in [1.807, 2.05) is 6.07 Å². The van der Waals surface area contributed by atoms with Crippen molar-refractivity contribution in [1.82, 2.24) is 0 Å². The molecule has 0 saturated carbocycles.